The van der Waals surface area contributed by atoms with Crippen LogP contribution in [-0.4, -0.2) is 95.9 Å². The highest BCUT2D eigenvalue weighted by Gasteiger charge is 2.30. The molecule has 0 aliphatic rings. The van der Waals surface area contributed by atoms with Crippen LogP contribution in [-0.2, 0) is 55.8 Å². The minimum absolute atomic E-state index is 0.0997. The van der Waals surface area contributed by atoms with E-state index >= 15 is 0 Å². The summed E-state index contributed by atoms with van der Waals surface area (Å²) in [6.45, 7) is 2.60. The van der Waals surface area contributed by atoms with Gasteiger partial charge in [0.1, 0.15) is 25.4 Å². The maximum Gasteiger partial charge on any atom is 0.472 e. The van der Waals surface area contributed by atoms with Crippen LogP contribution in [0.4, 0.5) is 0 Å². The molecule has 0 aromatic carbocycles. The number of rotatable bonds is 101. The van der Waals surface area contributed by atoms with Crippen molar-refractivity contribution in [1.82, 2.24) is 0 Å². The van der Waals surface area contributed by atoms with Crippen LogP contribution in [0.1, 0.15) is 470 Å². The molecule has 0 rings (SSSR count). The van der Waals surface area contributed by atoms with E-state index in [0.29, 0.717) is 19.3 Å². The second kappa shape index (κ2) is 104. The predicted molar refractivity (Wildman–Crippen MR) is 555 cm³/mol. The van der Waals surface area contributed by atoms with Gasteiger partial charge in [-0.25, -0.2) is 9.13 Å². The first-order valence-electron chi connectivity index (χ1n) is 53.4. The van der Waals surface area contributed by atoms with Crippen molar-refractivity contribution in [3.63, 3.8) is 0 Å². The highest BCUT2D eigenvalue weighted by molar-refractivity contribution is 7.47. The van der Waals surface area contributed by atoms with E-state index in [9.17, 15) is 43.5 Å². The van der Waals surface area contributed by atoms with Gasteiger partial charge >= 0.3 is 33.6 Å². The Morgan fingerprint density at radius 2 is 0.405 bits per heavy atom. The first kappa shape index (κ1) is 126. The Morgan fingerprint density at radius 1 is 0.221 bits per heavy atom. The smallest absolute Gasteiger partial charge is 0.463 e. The Morgan fingerprint density at radius 3 is 0.641 bits per heavy atom. The lowest BCUT2D eigenvalue weighted by Crippen LogP contribution is -2.30. The van der Waals surface area contributed by atoms with Crippen molar-refractivity contribution in [2.45, 2.75) is 489 Å². The zero-order valence-electron chi connectivity index (χ0n) is 83.7. The Balaban J connectivity index is 4.59. The Labute approximate surface area is 803 Å². The van der Waals surface area contributed by atoms with Crippen molar-refractivity contribution in [1.29, 1.82) is 0 Å². The summed E-state index contributed by atoms with van der Waals surface area (Å²) in [5.41, 5.74) is 0. The quantitative estimate of drug-likeness (QED) is 0.0146. The first-order chi connectivity index (χ1) is 64.2. The second-order valence-corrected chi connectivity index (χ2v) is 38.6. The third-order valence-electron chi connectivity index (χ3n) is 22.9. The van der Waals surface area contributed by atoms with Gasteiger partial charge in [-0.15, -0.1) is 0 Å². The molecule has 0 aromatic heterocycles. The standard InChI is InChI=1S/C113H196O16P2/c1-4-7-10-13-16-19-22-25-28-31-34-37-40-43-46-49-51-52-53-54-56-59-60-63-66-69-72-75-78-81-84-87-90-93-96-99-111(116)123-102-108(114)103-125-130(119,120)126-104-109(115)105-127-131(121,122)128-107-110(129-113(118)101-98-95-92-89-86-83-80-77-74-71-68-65-62-57-48-45-42-39-36-33-30-27-24-21-18-15-12-9-6-3)106-124-112(117)100-97-94-91-88-85-82-79-76-73-70-67-64-61-58-55-50-47-44-41-38-35-32-29-26-23-20-17-14-11-8-5-2/h8,11,16-21,25-30,34-39,43-48,55,58,108-110,114-115H,4-7,9-10,12-15,22-24,31-33,40-42,49-54,56-57,59-107H2,1-3H3,(H,119,120)(H,121,122)/b11-8-,19-16-,20-17-,21-18-,28-25-,29-26-,30-27-,37-34-,38-35-,39-36-,46-43-,47-44-,48-45-,58-55-. The molecule has 0 heterocycles. The van der Waals surface area contributed by atoms with Gasteiger partial charge in [-0.1, -0.05) is 461 Å². The zero-order valence-corrected chi connectivity index (χ0v) is 85.5. The summed E-state index contributed by atoms with van der Waals surface area (Å²) in [4.78, 5) is 59.3. The van der Waals surface area contributed by atoms with Crippen molar-refractivity contribution in [3.8, 4) is 0 Å². The van der Waals surface area contributed by atoms with Gasteiger partial charge in [-0.3, -0.25) is 32.5 Å². The number of allylic oxidation sites excluding steroid dienone is 28. The number of ether oxygens (including phenoxy) is 3. The van der Waals surface area contributed by atoms with Gasteiger partial charge in [0.05, 0.1) is 26.4 Å². The van der Waals surface area contributed by atoms with E-state index in [4.69, 9.17) is 32.3 Å². The summed E-state index contributed by atoms with van der Waals surface area (Å²) in [7, 11) is -9.82. The van der Waals surface area contributed by atoms with Crippen molar-refractivity contribution in [3.05, 3.63) is 170 Å². The third-order valence-corrected chi connectivity index (χ3v) is 24.8. The number of aliphatic hydroxyl groups is 2. The molecule has 0 fully saturated rings. The minimum Gasteiger partial charge on any atom is -0.463 e. The van der Waals surface area contributed by atoms with Gasteiger partial charge < -0.3 is 34.2 Å². The number of hydrogen-bond donors (Lipinski definition) is 4. The van der Waals surface area contributed by atoms with Crippen LogP contribution in [0, 0.1) is 0 Å². The predicted octanol–water partition coefficient (Wildman–Crippen LogP) is 34.1. The van der Waals surface area contributed by atoms with Crippen molar-refractivity contribution in [2.75, 3.05) is 39.6 Å². The fraction of sp³-hybridized carbons (Fsp3) is 0.726. The molecule has 16 nitrogen and oxygen atoms in total. The topological polar surface area (TPSA) is 231 Å². The summed E-state index contributed by atoms with van der Waals surface area (Å²) in [6.07, 6.45) is 137. The van der Waals surface area contributed by atoms with E-state index in [1.807, 2.05) is 0 Å². The van der Waals surface area contributed by atoms with E-state index in [0.717, 1.165) is 161 Å². The third kappa shape index (κ3) is 105. The molecule has 0 spiro atoms. The Kier molecular flexibility index (Phi) is 99.8. The van der Waals surface area contributed by atoms with Crippen molar-refractivity contribution < 1.29 is 75.8 Å². The minimum atomic E-state index is -4.95. The number of carbonyl (C=O) groups is 3. The van der Waals surface area contributed by atoms with Gasteiger partial charge in [0.15, 0.2) is 6.10 Å². The molecule has 0 saturated carbocycles. The Bertz CT molecular complexity index is 3060. The lowest BCUT2D eigenvalue weighted by molar-refractivity contribution is -0.161. The van der Waals surface area contributed by atoms with Gasteiger partial charge in [-0.2, -0.15) is 0 Å². The average Bonchev–Trinajstić information content (AvgIpc) is 0.891. The van der Waals surface area contributed by atoms with Gasteiger partial charge in [0.25, 0.3) is 0 Å². The lowest BCUT2D eigenvalue weighted by Gasteiger charge is -2.21. The van der Waals surface area contributed by atoms with Gasteiger partial charge in [-0.05, 0) is 161 Å². The molecular formula is C113H196O16P2. The summed E-state index contributed by atoms with van der Waals surface area (Å²) in [5, 5.41) is 20.8. The van der Waals surface area contributed by atoms with Crippen LogP contribution in [0.2, 0.25) is 0 Å². The number of phosphoric acid groups is 2. The van der Waals surface area contributed by atoms with E-state index in [1.165, 1.54) is 250 Å². The molecular weight excluding hydrogens is 1680 g/mol. The number of aliphatic hydroxyl groups excluding tert-OH is 2. The molecule has 0 bridgehead atoms. The number of carbonyl (C=O) groups excluding carboxylic acids is 3. The van der Waals surface area contributed by atoms with E-state index in [1.54, 1.807) is 0 Å². The van der Waals surface area contributed by atoms with Crippen LogP contribution in [0.15, 0.2) is 170 Å². The van der Waals surface area contributed by atoms with E-state index in [2.05, 4.69) is 191 Å². The van der Waals surface area contributed by atoms with E-state index in [-0.39, 0.29) is 19.3 Å². The highest BCUT2D eigenvalue weighted by atomic mass is 31.2. The number of unbranched alkanes of at least 4 members (excludes halogenated alkanes) is 50. The maximum absolute atomic E-state index is 13.1. The number of hydrogen-bond acceptors (Lipinski definition) is 14. The summed E-state index contributed by atoms with van der Waals surface area (Å²) in [6, 6.07) is 0. The fourth-order valence-corrected chi connectivity index (χ4v) is 16.4. The van der Waals surface area contributed by atoms with Crippen LogP contribution >= 0.6 is 15.6 Å². The lowest BCUT2D eigenvalue weighted by atomic mass is 10.0. The second-order valence-electron chi connectivity index (χ2n) is 35.7. The van der Waals surface area contributed by atoms with Crippen LogP contribution in [0.3, 0.4) is 0 Å². The molecule has 0 radical (unpaired) electrons. The SMILES string of the molecule is CC/C=C\C/C=C\C/C=C\C/C=C\C/C=C\C/C=C\CCCCCCCCCCCCCCC(=O)OCC(COP(=O)(O)OCC(O)COP(=O)(O)OCC(O)COC(=O)CCCCCCCCCCCCCCCCCCCCC/C=C\C/C=C\C/C=C\C/C=C\CCCCC)OC(=O)CCCCCCCCCCCCCCC/C=C\C/C=C\C/C=C\C/C=C\CCCCC. The summed E-state index contributed by atoms with van der Waals surface area (Å²) >= 11 is 0. The van der Waals surface area contributed by atoms with Crippen molar-refractivity contribution >= 4 is 33.6 Å². The number of phosphoric ester groups is 2. The van der Waals surface area contributed by atoms with Crippen LogP contribution < -0.4 is 0 Å². The largest absolute Gasteiger partial charge is 0.472 e. The molecule has 5 unspecified atom stereocenters. The molecule has 131 heavy (non-hydrogen) atoms. The molecule has 0 amide bonds. The fourth-order valence-electron chi connectivity index (χ4n) is 14.8. The molecule has 18 heteroatoms. The molecule has 5 atom stereocenters. The van der Waals surface area contributed by atoms with Gasteiger partial charge in [0, 0.05) is 19.3 Å². The zero-order chi connectivity index (χ0) is 95.0. The molecule has 0 aromatic rings. The normalized spacial score (nSPS) is 14.3. The highest BCUT2D eigenvalue weighted by Crippen LogP contribution is 2.45. The number of esters is 3. The molecule has 0 saturated heterocycles. The molecule has 754 valence electrons. The van der Waals surface area contributed by atoms with Crippen molar-refractivity contribution in [2.24, 2.45) is 0 Å². The van der Waals surface area contributed by atoms with E-state index < -0.39 is 91.5 Å². The Hall–Kier alpha value is -5.09. The monoisotopic (exact) mass is 1870 g/mol. The maximum atomic E-state index is 13.1. The first-order valence-corrected chi connectivity index (χ1v) is 56.4. The molecule has 0 aliphatic heterocycles. The average molecular weight is 1870 g/mol. The summed E-state index contributed by atoms with van der Waals surface area (Å²) < 4.78 is 61.8. The van der Waals surface area contributed by atoms with Crippen LogP contribution in [0.5, 0.6) is 0 Å². The molecule has 0 aliphatic carbocycles. The summed E-state index contributed by atoms with van der Waals surface area (Å²) in [5.74, 6) is -1.56. The van der Waals surface area contributed by atoms with Crippen LogP contribution in [0.25, 0.3) is 0 Å². The molecule has 4 N–H and O–H groups in total. The van der Waals surface area contributed by atoms with Gasteiger partial charge in [0.2, 0.25) is 0 Å².